The minimum absolute atomic E-state index is 0.0106. The monoisotopic (exact) mass is 264 g/mol. The first kappa shape index (κ1) is 12.3. The molecule has 3 nitrogen and oxygen atoms in total. The van der Waals surface area contributed by atoms with Gasteiger partial charge in [-0.2, -0.15) is 13.2 Å². The first-order chi connectivity index (χ1) is 8.33. The van der Waals surface area contributed by atoms with Gasteiger partial charge >= 0.3 is 12.1 Å². The van der Waals surface area contributed by atoms with Gasteiger partial charge < -0.3 is 9.84 Å². The summed E-state index contributed by atoms with van der Waals surface area (Å²) < 4.78 is 41.8. The summed E-state index contributed by atoms with van der Waals surface area (Å²) in [6, 6.07) is 0. The predicted octanol–water partition coefficient (Wildman–Crippen LogP) is 2.03. The lowest BCUT2D eigenvalue weighted by molar-refractivity contribution is -0.230. The highest BCUT2D eigenvalue weighted by molar-refractivity contribution is 5.76. The van der Waals surface area contributed by atoms with Crippen molar-refractivity contribution in [2.45, 2.75) is 50.0 Å². The molecule has 0 spiro atoms. The van der Waals surface area contributed by atoms with Gasteiger partial charge in [-0.15, -0.1) is 0 Å². The van der Waals surface area contributed by atoms with Crippen LogP contribution in [0, 0.1) is 17.8 Å². The SMILES string of the molecule is O=C(OC12CCC3C(O)C(CCC31)C2)C(F)(F)F. The van der Waals surface area contributed by atoms with Crippen molar-refractivity contribution < 1.29 is 27.8 Å². The van der Waals surface area contributed by atoms with Gasteiger partial charge in [0, 0.05) is 5.92 Å². The number of rotatable bonds is 1. The zero-order valence-corrected chi connectivity index (χ0v) is 9.74. The van der Waals surface area contributed by atoms with E-state index in [0.717, 1.165) is 12.8 Å². The molecule has 4 aliphatic rings. The molecule has 0 saturated heterocycles. The molecule has 1 N–H and O–H groups in total. The molecule has 4 fully saturated rings. The Hall–Kier alpha value is -0.780. The van der Waals surface area contributed by atoms with Crippen LogP contribution in [-0.4, -0.2) is 29.0 Å². The lowest BCUT2D eigenvalue weighted by Gasteiger charge is -2.51. The van der Waals surface area contributed by atoms with E-state index < -0.39 is 23.9 Å². The van der Waals surface area contributed by atoms with Crippen LogP contribution in [0.25, 0.3) is 0 Å². The number of halogens is 3. The molecule has 0 aromatic rings. The molecule has 0 aromatic heterocycles. The van der Waals surface area contributed by atoms with Crippen LogP contribution < -0.4 is 0 Å². The molecule has 4 saturated carbocycles. The van der Waals surface area contributed by atoms with E-state index in [1.54, 1.807) is 0 Å². The zero-order chi connectivity index (χ0) is 13.1. The van der Waals surface area contributed by atoms with Crippen molar-refractivity contribution in [2.75, 3.05) is 0 Å². The molecule has 6 heteroatoms. The Morgan fingerprint density at radius 2 is 2.00 bits per heavy atom. The standard InChI is InChI=1S/C12H15F3O3/c13-12(14,15)10(17)18-11-4-3-7-8(11)2-1-6(5-11)9(7)16/h6-9,16H,1-5H2. The third-order valence-corrected chi connectivity index (χ3v) is 5.00. The van der Waals surface area contributed by atoms with Crippen molar-refractivity contribution in [3.8, 4) is 0 Å². The number of aliphatic hydroxyl groups is 1. The van der Waals surface area contributed by atoms with Gasteiger partial charge in [-0.1, -0.05) is 0 Å². The van der Waals surface area contributed by atoms with Crippen molar-refractivity contribution in [3.05, 3.63) is 0 Å². The van der Waals surface area contributed by atoms with Crippen LogP contribution >= 0.6 is 0 Å². The fraction of sp³-hybridized carbons (Fsp3) is 0.917. The molecule has 0 radical (unpaired) electrons. The van der Waals surface area contributed by atoms with Gasteiger partial charge in [0.15, 0.2) is 0 Å². The van der Waals surface area contributed by atoms with Gasteiger partial charge in [0.25, 0.3) is 0 Å². The summed E-state index contributed by atoms with van der Waals surface area (Å²) >= 11 is 0. The van der Waals surface area contributed by atoms with Gasteiger partial charge in [0.1, 0.15) is 5.60 Å². The van der Waals surface area contributed by atoms with Gasteiger partial charge in [0.05, 0.1) is 6.10 Å². The molecule has 0 aliphatic heterocycles. The molecular formula is C12H15F3O3. The number of aliphatic hydroxyl groups excluding tert-OH is 1. The van der Waals surface area contributed by atoms with Crippen LogP contribution in [0.4, 0.5) is 13.2 Å². The molecule has 5 unspecified atom stereocenters. The second-order valence-electron chi connectivity index (χ2n) is 5.79. The topological polar surface area (TPSA) is 46.5 Å². The highest BCUT2D eigenvalue weighted by atomic mass is 19.4. The Kier molecular flexibility index (Phi) is 2.47. The third kappa shape index (κ3) is 1.57. The van der Waals surface area contributed by atoms with Gasteiger partial charge in [-0.3, -0.25) is 0 Å². The highest BCUT2D eigenvalue weighted by Crippen LogP contribution is 2.60. The Balaban J connectivity index is 1.83. The predicted molar refractivity (Wildman–Crippen MR) is 54.4 cm³/mol. The maximum Gasteiger partial charge on any atom is 0.490 e. The molecule has 4 bridgehead atoms. The van der Waals surface area contributed by atoms with Crippen molar-refractivity contribution in [1.29, 1.82) is 0 Å². The quantitative estimate of drug-likeness (QED) is 0.737. The second kappa shape index (κ2) is 3.62. The molecule has 18 heavy (non-hydrogen) atoms. The highest BCUT2D eigenvalue weighted by Gasteiger charge is 2.63. The number of hydrogen-bond donors (Lipinski definition) is 1. The van der Waals surface area contributed by atoms with Gasteiger partial charge in [0.2, 0.25) is 0 Å². The van der Waals surface area contributed by atoms with Crippen LogP contribution in [-0.2, 0) is 9.53 Å². The van der Waals surface area contributed by atoms with E-state index in [1.807, 2.05) is 0 Å². The van der Waals surface area contributed by atoms with Crippen LogP contribution in [0.15, 0.2) is 0 Å². The molecule has 4 aliphatic carbocycles. The number of carbonyl (C=O) groups excluding carboxylic acids is 1. The van der Waals surface area contributed by atoms with E-state index >= 15 is 0 Å². The fourth-order valence-electron chi connectivity index (χ4n) is 4.32. The first-order valence-electron chi connectivity index (χ1n) is 6.32. The van der Waals surface area contributed by atoms with Crippen LogP contribution in [0.1, 0.15) is 32.1 Å². The largest absolute Gasteiger partial charge is 0.490 e. The average Bonchev–Trinajstić information content (AvgIpc) is 2.59. The van der Waals surface area contributed by atoms with E-state index in [-0.39, 0.29) is 17.8 Å². The number of esters is 1. The number of alkyl halides is 3. The molecular weight excluding hydrogens is 249 g/mol. The summed E-state index contributed by atoms with van der Waals surface area (Å²) in [5.74, 6) is -2.17. The molecule has 102 valence electrons. The molecule has 0 aromatic carbocycles. The summed E-state index contributed by atoms with van der Waals surface area (Å²) in [4.78, 5) is 11.1. The van der Waals surface area contributed by atoms with Crippen LogP contribution in [0.2, 0.25) is 0 Å². The summed E-state index contributed by atoms with van der Waals surface area (Å²) in [6.45, 7) is 0. The van der Waals surface area contributed by atoms with Gasteiger partial charge in [-0.25, -0.2) is 4.79 Å². The maximum atomic E-state index is 12.3. The smallest absolute Gasteiger partial charge is 0.452 e. The lowest BCUT2D eigenvalue weighted by atomic mass is 9.60. The molecule has 4 rings (SSSR count). The maximum absolute atomic E-state index is 12.3. The summed E-state index contributed by atoms with van der Waals surface area (Å²) in [6.07, 6.45) is -2.26. The number of ether oxygens (including phenoxy) is 1. The number of hydrogen-bond acceptors (Lipinski definition) is 3. The van der Waals surface area contributed by atoms with Crippen molar-refractivity contribution in [2.24, 2.45) is 17.8 Å². The first-order valence-corrected chi connectivity index (χ1v) is 6.32. The van der Waals surface area contributed by atoms with E-state index in [2.05, 4.69) is 0 Å². The normalized spacial score (nSPS) is 46.2. The molecule has 0 heterocycles. The summed E-state index contributed by atoms with van der Waals surface area (Å²) in [5.41, 5.74) is -0.959. The van der Waals surface area contributed by atoms with Crippen molar-refractivity contribution >= 4 is 5.97 Å². The van der Waals surface area contributed by atoms with E-state index in [0.29, 0.717) is 19.3 Å². The summed E-state index contributed by atoms with van der Waals surface area (Å²) in [5, 5.41) is 10.0. The molecule has 0 amide bonds. The van der Waals surface area contributed by atoms with E-state index in [4.69, 9.17) is 4.74 Å². The minimum atomic E-state index is -4.93. The van der Waals surface area contributed by atoms with Crippen LogP contribution in [0.3, 0.4) is 0 Å². The van der Waals surface area contributed by atoms with Crippen LogP contribution in [0.5, 0.6) is 0 Å². The fourth-order valence-corrected chi connectivity index (χ4v) is 4.32. The van der Waals surface area contributed by atoms with Crippen molar-refractivity contribution in [3.63, 3.8) is 0 Å². The molecule has 5 atom stereocenters. The van der Waals surface area contributed by atoms with E-state index in [9.17, 15) is 23.1 Å². The average molecular weight is 264 g/mol. The Bertz CT molecular complexity index is 381. The zero-order valence-electron chi connectivity index (χ0n) is 9.74. The third-order valence-electron chi connectivity index (χ3n) is 5.00. The lowest BCUT2D eigenvalue weighted by Crippen LogP contribution is -2.55. The number of fused-ring (bicyclic) bond motifs is 1. The Morgan fingerprint density at radius 1 is 1.28 bits per heavy atom. The summed E-state index contributed by atoms with van der Waals surface area (Å²) in [7, 11) is 0. The second-order valence-corrected chi connectivity index (χ2v) is 5.79. The number of carbonyl (C=O) groups is 1. The van der Waals surface area contributed by atoms with Gasteiger partial charge in [-0.05, 0) is 43.9 Å². The van der Waals surface area contributed by atoms with Crippen molar-refractivity contribution in [1.82, 2.24) is 0 Å². The minimum Gasteiger partial charge on any atom is -0.452 e. The Labute approximate surface area is 102 Å². The Morgan fingerprint density at radius 3 is 2.67 bits per heavy atom. The van der Waals surface area contributed by atoms with E-state index in [1.165, 1.54) is 0 Å².